The van der Waals surface area contributed by atoms with Gasteiger partial charge in [-0.3, -0.25) is 4.79 Å². The van der Waals surface area contributed by atoms with Crippen LogP contribution in [0.4, 0.5) is 11.6 Å². The third-order valence-corrected chi connectivity index (χ3v) is 4.33. The molecule has 0 aromatic carbocycles. The zero-order chi connectivity index (χ0) is 15.7. The van der Waals surface area contributed by atoms with Crippen molar-refractivity contribution in [2.75, 3.05) is 36.0 Å². The molecule has 9 heteroatoms. The van der Waals surface area contributed by atoms with E-state index in [4.69, 9.17) is 11.6 Å². The van der Waals surface area contributed by atoms with E-state index >= 15 is 0 Å². The van der Waals surface area contributed by atoms with Gasteiger partial charge in [-0.2, -0.15) is 5.10 Å². The van der Waals surface area contributed by atoms with E-state index in [-0.39, 0.29) is 10.6 Å². The Morgan fingerprint density at radius 1 is 1.09 bits per heavy atom. The summed E-state index contributed by atoms with van der Waals surface area (Å²) in [7, 11) is 1.58. The normalized spacial score (nSPS) is 15.2. The number of halogens is 2. The van der Waals surface area contributed by atoms with Crippen LogP contribution >= 0.6 is 27.5 Å². The lowest BCUT2D eigenvalue weighted by molar-refractivity contribution is 0.632. The molecule has 2 aromatic heterocycles. The predicted molar refractivity (Wildman–Crippen MR) is 88.6 cm³/mol. The fraction of sp³-hybridized carbons (Fsp3) is 0.385. The van der Waals surface area contributed by atoms with E-state index in [2.05, 4.69) is 40.8 Å². The summed E-state index contributed by atoms with van der Waals surface area (Å²) in [5.41, 5.74) is 0.402. The van der Waals surface area contributed by atoms with Crippen molar-refractivity contribution in [3.05, 3.63) is 38.4 Å². The van der Waals surface area contributed by atoms with Gasteiger partial charge in [0.15, 0.2) is 0 Å². The Hall–Kier alpha value is -1.67. The van der Waals surface area contributed by atoms with Gasteiger partial charge in [-0.25, -0.2) is 14.6 Å². The van der Waals surface area contributed by atoms with Crippen molar-refractivity contribution in [1.29, 1.82) is 0 Å². The molecule has 1 aliphatic heterocycles. The third-order valence-electron chi connectivity index (χ3n) is 3.57. The fourth-order valence-electron chi connectivity index (χ4n) is 2.34. The molecule has 0 atom stereocenters. The molecule has 0 bridgehead atoms. The molecule has 0 spiro atoms. The second-order valence-electron chi connectivity index (χ2n) is 4.95. The average Bonchev–Trinajstić information content (AvgIpc) is 2.54. The summed E-state index contributed by atoms with van der Waals surface area (Å²) in [5, 5.41) is 4.25. The first kappa shape index (κ1) is 15.2. The molecule has 0 aliphatic carbocycles. The molecular weight excluding hydrogens is 372 g/mol. The minimum Gasteiger partial charge on any atom is -0.365 e. The van der Waals surface area contributed by atoms with Crippen LogP contribution in [0.5, 0.6) is 0 Å². The Labute approximate surface area is 140 Å². The number of aromatic nitrogens is 4. The molecule has 1 aliphatic rings. The van der Waals surface area contributed by atoms with Crippen molar-refractivity contribution in [1.82, 2.24) is 19.7 Å². The first-order valence-corrected chi connectivity index (χ1v) is 7.92. The van der Waals surface area contributed by atoms with Gasteiger partial charge in [-0.15, -0.1) is 0 Å². The van der Waals surface area contributed by atoms with Gasteiger partial charge < -0.3 is 9.80 Å². The maximum absolute atomic E-state index is 11.9. The predicted octanol–water partition coefficient (Wildman–Crippen LogP) is 1.31. The number of piperazine rings is 1. The van der Waals surface area contributed by atoms with Crippen LogP contribution in [0.15, 0.2) is 27.9 Å². The standard InChI is InChI=1S/C13H14BrClN6O/c1-19-12(22)11(15)10(8-18-19)20-2-4-21(5-3-20)13-16-6-9(14)7-17-13/h6-8H,2-5H2,1H3. The Balaban J connectivity index is 1.73. The number of hydrogen-bond acceptors (Lipinski definition) is 6. The lowest BCUT2D eigenvalue weighted by Gasteiger charge is -2.36. The van der Waals surface area contributed by atoms with Crippen LogP contribution in [0.3, 0.4) is 0 Å². The second kappa shape index (κ2) is 6.21. The molecule has 0 saturated carbocycles. The van der Waals surface area contributed by atoms with Gasteiger partial charge in [0, 0.05) is 45.6 Å². The number of aryl methyl sites for hydroxylation is 1. The largest absolute Gasteiger partial charge is 0.365 e. The van der Waals surface area contributed by atoms with Crippen molar-refractivity contribution < 1.29 is 0 Å². The van der Waals surface area contributed by atoms with E-state index in [1.807, 2.05) is 0 Å². The molecular formula is C13H14BrClN6O. The second-order valence-corrected chi connectivity index (χ2v) is 6.24. The number of anilines is 2. The van der Waals surface area contributed by atoms with Crippen LogP contribution in [-0.4, -0.2) is 45.9 Å². The molecule has 0 unspecified atom stereocenters. The van der Waals surface area contributed by atoms with E-state index in [9.17, 15) is 4.79 Å². The van der Waals surface area contributed by atoms with Crippen molar-refractivity contribution in [2.24, 2.45) is 7.05 Å². The lowest BCUT2D eigenvalue weighted by Crippen LogP contribution is -2.47. The van der Waals surface area contributed by atoms with Gasteiger partial charge in [-0.1, -0.05) is 11.6 Å². The molecule has 1 fully saturated rings. The highest BCUT2D eigenvalue weighted by molar-refractivity contribution is 9.10. The lowest BCUT2D eigenvalue weighted by atomic mass is 10.3. The minimum absolute atomic E-state index is 0.214. The first-order valence-electron chi connectivity index (χ1n) is 6.75. The summed E-state index contributed by atoms with van der Waals surface area (Å²) in [6.45, 7) is 2.97. The van der Waals surface area contributed by atoms with Crippen LogP contribution in [0.2, 0.25) is 5.02 Å². The molecule has 22 heavy (non-hydrogen) atoms. The smallest absolute Gasteiger partial charge is 0.287 e. The van der Waals surface area contributed by atoms with E-state index < -0.39 is 0 Å². The molecule has 3 rings (SSSR count). The highest BCUT2D eigenvalue weighted by atomic mass is 79.9. The Morgan fingerprint density at radius 3 is 2.32 bits per heavy atom. The van der Waals surface area contributed by atoms with Gasteiger partial charge in [0.05, 0.1) is 16.4 Å². The van der Waals surface area contributed by atoms with Gasteiger partial charge >= 0.3 is 0 Å². The molecule has 3 heterocycles. The summed E-state index contributed by atoms with van der Waals surface area (Å²) >= 11 is 9.47. The van der Waals surface area contributed by atoms with E-state index in [1.54, 1.807) is 25.6 Å². The van der Waals surface area contributed by atoms with Crippen LogP contribution in [0.25, 0.3) is 0 Å². The van der Waals surface area contributed by atoms with E-state index in [1.165, 1.54) is 4.68 Å². The quantitative estimate of drug-likeness (QED) is 0.776. The number of nitrogens with zero attached hydrogens (tertiary/aromatic N) is 6. The zero-order valence-electron chi connectivity index (χ0n) is 11.9. The van der Waals surface area contributed by atoms with Crippen LogP contribution < -0.4 is 15.4 Å². The van der Waals surface area contributed by atoms with Crippen molar-refractivity contribution >= 4 is 39.2 Å². The van der Waals surface area contributed by atoms with E-state index in [0.29, 0.717) is 11.6 Å². The van der Waals surface area contributed by atoms with Gasteiger partial charge in [0.2, 0.25) is 5.95 Å². The molecule has 7 nitrogen and oxygen atoms in total. The summed E-state index contributed by atoms with van der Waals surface area (Å²) in [6.07, 6.45) is 5.10. The van der Waals surface area contributed by atoms with Gasteiger partial charge in [-0.05, 0) is 15.9 Å². The summed E-state index contributed by atoms with van der Waals surface area (Å²) < 4.78 is 2.09. The number of hydrogen-bond donors (Lipinski definition) is 0. The molecule has 0 radical (unpaired) electrons. The van der Waals surface area contributed by atoms with Gasteiger partial charge in [0.25, 0.3) is 5.56 Å². The Kier molecular flexibility index (Phi) is 4.30. The van der Waals surface area contributed by atoms with Crippen molar-refractivity contribution in [3.8, 4) is 0 Å². The molecule has 2 aromatic rings. The third kappa shape index (κ3) is 2.93. The maximum atomic E-state index is 11.9. The summed E-state index contributed by atoms with van der Waals surface area (Å²) in [4.78, 5) is 24.6. The van der Waals surface area contributed by atoms with Crippen LogP contribution in [-0.2, 0) is 7.05 Å². The van der Waals surface area contributed by atoms with Gasteiger partial charge in [0.1, 0.15) is 5.02 Å². The van der Waals surface area contributed by atoms with Crippen molar-refractivity contribution in [3.63, 3.8) is 0 Å². The van der Waals surface area contributed by atoms with E-state index in [0.717, 1.165) is 30.7 Å². The monoisotopic (exact) mass is 384 g/mol. The highest BCUT2D eigenvalue weighted by Crippen LogP contribution is 2.23. The molecule has 0 N–H and O–H groups in total. The molecule has 116 valence electrons. The van der Waals surface area contributed by atoms with Crippen LogP contribution in [0.1, 0.15) is 0 Å². The zero-order valence-corrected chi connectivity index (χ0v) is 14.2. The fourth-order valence-corrected chi connectivity index (χ4v) is 2.83. The minimum atomic E-state index is -0.280. The summed E-state index contributed by atoms with van der Waals surface area (Å²) in [6, 6.07) is 0. The molecule has 1 saturated heterocycles. The Bertz CT molecular complexity index is 726. The summed E-state index contributed by atoms with van der Waals surface area (Å²) in [5.74, 6) is 0.705. The SMILES string of the molecule is Cn1ncc(N2CCN(c3ncc(Br)cn3)CC2)c(Cl)c1=O. The highest BCUT2D eigenvalue weighted by Gasteiger charge is 2.22. The van der Waals surface area contributed by atoms with Crippen LogP contribution in [0, 0.1) is 0 Å². The number of rotatable bonds is 2. The average molecular weight is 386 g/mol. The Morgan fingerprint density at radius 2 is 1.68 bits per heavy atom. The van der Waals surface area contributed by atoms with Crippen molar-refractivity contribution in [2.45, 2.75) is 0 Å². The topological polar surface area (TPSA) is 67.2 Å². The maximum Gasteiger partial charge on any atom is 0.287 e. The molecule has 0 amide bonds. The first-order chi connectivity index (χ1) is 10.6.